The normalized spacial score (nSPS) is 12.6. The molecule has 0 saturated carbocycles. The Morgan fingerprint density at radius 3 is 2.85 bits per heavy atom. The van der Waals surface area contributed by atoms with E-state index in [1.807, 2.05) is 31.4 Å². The minimum absolute atomic E-state index is 0.0311. The Morgan fingerprint density at radius 1 is 1.41 bits per heavy atom. The molecule has 0 radical (unpaired) electrons. The number of nitrogens with zero attached hydrogens (tertiary/aromatic N) is 3. The van der Waals surface area contributed by atoms with Crippen molar-refractivity contribution in [1.82, 2.24) is 14.1 Å². The number of methoxy groups -OCH3 is 1. The Hall–Kier alpha value is -1.90. The number of hydrogen-bond donors (Lipinski definition) is 0. The van der Waals surface area contributed by atoms with Crippen LogP contribution in [0.1, 0.15) is 34.7 Å². The third-order valence-electron chi connectivity index (χ3n) is 4.61. The quantitative estimate of drug-likeness (QED) is 0.341. The maximum atomic E-state index is 12.8. The lowest BCUT2D eigenvalue weighted by Gasteiger charge is -2.17. The summed E-state index contributed by atoms with van der Waals surface area (Å²) in [5.41, 5.74) is 3.30. The van der Waals surface area contributed by atoms with Crippen LogP contribution in [0.25, 0.3) is 10.2 Å². The summed E-state index contributed by atoms with van der Waals surface area (Å²) in [5, 5.41) is 2.41. The number of thioether (sulfide) groups is 1. The van der Waals surface area contributed by atoms with Gasteiger partial charge in [0.2, 0.25) is 0 Å². The van der Waals surface area contributed by atoms with E-state index in [2.05, 4.69) is 16.5 Å². The van der Waals surface area contributed by atoms with Crippen molar-refractivity contribution in [3.05, 3.63) is 44.8 Å². The van der Waals surface area contributed by atoms with Crippen molar-refractivity contribution >= 4 is 39.1 Å². The van der Waals surface area contributed by atoms with Gasteiger partial charge in [-0.1, -0.05) is 11.8 Å². The minimum atomic E-state index is -0.0727. The summed E-state index contributed by atoms with van der Waals surface area (Å²) >= 11 is 2.68. The maximum absolute atomic E-state index is 12.8. The number of ketones is 1. The molecule has 0 saturated heterocycles. The van der Waals surface area contributed by atoms with E-state index in [0.717, 1.165) is 11.4 Å². The highest BCUT2D eigenvalue weighted by Crippen LogP contribution is 2.24. The van der Waals surface area contributed by atoms with E-state index in [4.69, 9.17) is 4.74 Å². The molecule has 0 amide bonds. The zero-order valence-electron chi connectivity index (χ0n) is 16.1. The molecule has 0 aliphatic rings. The Balaban J connectivity index is 1.82. The molecule has 0 spiro atoms. The van der Waals surface area contributed by atoms with Crippen LogP contribution in [-0.2, 0) is 11.8 Å². The lowest BCUT2D eigenvalue weighted by molar-refractivity contribution is 0.102. The molecule has 0 aromatic carbocycles. The molecule has 3 heterocycles. The van der Waals surface area contributed by atoms with Crippen molar-refractivity contribution in [2.24, 2.45) is 7.05 Å². The topological polar surface area (TPSA) is 66.1 Å². The van der Waals surface area contributed by atoms with Crippen molar-refractivity contribution in [3.63, 3.8) is 0 Å². The number of ether oxygens (including phenoxy) is 1. The van der Waals surface area contributed by atoms with Gasteiger partial charge >= 0.3 is 0 Å². The molecule has 1 unspecified atom stereocenters. The summed E-state index contributed by atoms with van der Waals surface area (Å²) in [7, 11) is 3.37. The van der Waals surface area contributed by atoms with E-state index in [-0.39, 0.29) is 23.1 Å². The van der Waals surface area contributed by atoms with E-state index < -0.39 is 0 Å². The van der Waals surface area contributed by atoms with Gasteiger partial charge in [0.05, 0.1) is 23.9 Å². The van der Waals surface area contributed by atoms with Crippen LogP contribution in [0.4, 0.5) is 0 Å². The first kappa shape index (κ1) is 19.9. The Bertz CT molecular complexity index is 1050. The molecule has 0 aliphatic carbocycles. The lowest BCUT2D eigenvalue weighted by atomic mass is 10.2. The first-order valence-electron chi connectivity index (χ1n) is 8.62. The van der Waals surface area contributed by atoms with Gasteiger partial charge in [0.1, 0.15) is 4.70 Å². The van der Waals surface area contributed by atoms with Gasteiger partial charge in [-0.05, 0) is 38.3 Å². The molecule has 8 heteroatoms. The van der Waals surface area contributed by atoms with Crippen molar-refractivity contribution in [2.45, 2.75) is 32.0 Å². The molecule has 0 fully saturated rings. The average molecular weight is 406 g/mol. The smallest absolute Gasteiger partial charge is 0.271 e. The van der Waals surface area contributed by atoms with Crippen molar-refractivity contribution < 1.29 is 9.53 Å². The highest BCUT2D eigenvalue weighted by atomic mass is 32.2. The first-order valence-corrected chi connectivity index (χ1v) is 10.5. The third-order valence-corrected chi connectivity index (χ3v) is 6.53. The molecule has 3 rings (SSSR count). The second-order valence-corrected chi connectivity index (χ2v) is 8.42. The Kier molecular flexibility index (Phi) is 5.88. The van der Waals surface area contributed by atoms with E-state index in [1.165, 1.54) is 27.7 Å². The van der Waals surface area contributed by atoms with Crippen LogP contribution in [0.3, 0.4) is 0 Å². The number of carbonyl (C=O) groups is 1. The fraction of sp³-hybridized carbons (Fsp3) is 0.421. The van der Waals surface area contributed by atoms with Gasteiger partial charge in [-0.2, -0.15) is 0 Å². The number of fused-ring (bicyclic) bond motifs is 1. The fourth-order valence-electron chi connectivity index (χ4n) is 3.36. The number of aromatic nitrogens is 3. The maximum Gasteiger partial charge on any atom is 0.271 e. The van der Waals surface area contributed by atoms with Gasteiger partial charge in [0.15, 0.2) is 10.9 Å². The van der Waals surface area contributed by atoms with Gasteiger partial charge < -0.3 is 9.30 Å². The molecule has 0 bridgehead atoms. The zero-order valence-corrected chi connectivity index (χ0v) is 17.7. The second-order valence-electron chi connectivity index (χ2n) is 6.56. The Morgan fingerprint density at radius 2 is 2.15 bits per heavy atom. The highest BCUT2D eigenvalue weighted by Gasteiger charge is 2.20. The monoisotopic (exact) mass is 405 g/mol. The zero-order chi connectivity index (χ0) is 19.7. The van der Waals surface area contributed by atoms with Gasteiger partial charge in [-0.15, -0.1) is 11.3 Å². The number of thiophene rings is 1. The second kappa shape index (κ2) is 8.00. The van der Waals surface area contributed by atoms with E-state index in [0.29, 0.717) is 27.5 Å². The molecule has 0 aliphatic heterocycles. The molecule has 0 N–H and O–H groups in total. The molecule has 3 aromatic rings. The molecule has 1 atom stereocenters. The van der Waals surface area contributed by atoms with Crippen molar-refractivity contribution in [2.75, 3.05) is 19.5 Å². The third kappa shape index (κ3) is 3.74. The van der Waals surface area contributed by atoms with E-state index in [1.54, 1.807) is 14.2 Å². The summed E-state index contributed by atoms with van der Waals surface area (Å²) in [6.45, 7) is 6.62. The summed E-state index contributed by atoms with van der Waals surface area (Å²) in [4.78, 5) is 29.7. The molecule has 27 heavy (non-hydrogen) atoms. The highest BCUT2D eigenvalue weighted by molar-refractivity contribution is 7.99. The number of Topliss-reactive ketones (excluding diaryl/α,β-unsaturated/α-hetero) is 1. The van der Waals surface area contributed by atoms with E-state index in [9.17, 15) is 9.59 Å². The molecule has 6 nitrogen and oxygen atoms in total. The van der Waals surface area contributed by atoms with Gasteiger partial charge in [-0.3, -0.25) is 14.2 Å². The standard InChI is InChI=1S/C19H23N3O3S2/c1-11-8-14(13(3)22(11)12(2)9-25-5)16(23)10-27-19-20-15-6-7-26-17(15)18(24)21(19)4/h6-8,12H,9-10H2,1-5H3. The number of rotatable bonds is 7. The van der Waals surface area contributed by atoms with Crippen LogP contribution < -0.4 is 5.56 Å². The van der Waals surface area contributed by atoms with Crippen LogP contribution in [0.5, 0.6) is 0 Å². The van der Waals surface area contributed by atoms with Gasteiger partial charge in [-0.25, -0.2) is 4.98 Å². The molecular weight excluding hydrogens is 382 g/mol. The minimum Gasteiger partial charge on any atom is -0.383 e. The molecular formula is C19H23N3O3S2. The van der Waals surface area contributed by atoms with Crippen LogP contribution in [0.2, 0.25) is 0 Å². The predicted molar refractivity (Wildman–Crippen MR) is 110 cm³/mol. The first-order chi connectivity index (χ1) is 12.8. The van der Waals surface area contributed by atoms with E-state index >= 15 is 0 Å². The van der Waals surface area contributed by atoms with Crippen LogP contribution in [0.15, 0.2) is 27.5 Å². The summed E-state index contributed by atoms with van der Waals surface area (Å²) < 4.78 is 9.54. The number of aryl methyl sites for hydroxylation is 1. The Labute approximate surface area is 166 Å². The predicted octanol–water partition coefficient (Wildman–Crippen LogP) is 3.60. The van der Waals surface area contributed by atoms with Crippen LogP contribution in [-0.4, -0.2) is 39.4 Å². The number of carbonyl (C=O) groups excluding carboxylic acids is 1. The lowest BCUT2D eigenvalue weighted by Crippen LogP contribution is -2.19. The largest absolute Gasteiger partial charge is 0.383 e. The van der Waals surface area contributed by atoms with Crippen LogP contribution in [0, 0.1) is 13.8 Å². The van der Waals surface area contributed by atoms with Gasteiger partial charge in [0, 0.05) is 31.1 Å². The average Bonchev–Trinajstić information content (AvgIpc) is 3.21. The summed E-state index contributed by atoms with van der Waals surface area (Å²) in [5.74, 6) is 0.266. The SMILES string of the molecule is COCC(C)n1c(C)cc(C(=O)CSc2nc3ccsc3c(=O)n2C)c1C. The molecule has 144 valence electrons. The van der Waals surface area contributed by atoms with Crippen molar-refractivity contribution in [3.8, 4) is 0 Å². The number of hydrogen-bond acceptors (Lipinski definition) is 6. The fourth-order valence-corrected chi connectivity index (χ4v) is 5.02. The van der Waals surface area contributed by atoms with Crippen LogP contribution >= 0.6 is 23.1 Å². The summed E-state index contributed by atoms with van der Waals surface area (Å²) in [6.07, 6.45) is 0. The van der Waals surface area contributed by atoms with Crippen molar-refractivity contribution in [1.29, 1.82) is 0 Å². The summed E-state index contributed by atoms with van der Waals surface area (Å²) in [6, 6.07) is 3.92. The van der Waals surface area contributed by atoms with Gasteiger partial charge in [0.25, 0.3) is 5.56 Å². The molecule has 3 aromatic heterocycles.